The monoisotopic (exact) mass is 513 g/mol. The molecule has 6 rings (SSSR count). The number of anilines is 2. The van der Waals surface area contributed by atoms with Crippen LogP contribution in [0.25, 0.3) is 0 Å². The highest BCUT2D eigenvalue weighted by Gasteiger charge is 2.47. The quantitative estimate of drug-likeness (QED) is 0.557. The predicted molar refractivity (Wildman–Crippen MR) is 116 cm³/mol. The fourth-order valence-corrected chi connectivity index (χ4v) is 5.74. The van der Waals surface area contributed by atoms with Gasteiger partial charge < -0.3 is 24.1 Å². The summed E-state index contributed by atoms with van der Waals surface area (Å²) in [6, 6.07) is 1.54. The Morgan fingerprint density at radius 1 is 1.14 bits per heavy atom. The van der Waals surface area contributed by atoms with Crippen LogP contribution in [-0.2, 0) is 11.2 Å². The lowest BCUT2D eigenvalue weighted by Gasteiger charge is -2.20. The van der Waals surface area contributed by atoms with Crippen LogP contribution in [0.2, 0.25) is 0 Å². The Balaban J connectivity index is 1.22. The van der Waals surface area contributed by atoms with Crippen LogP contribution in [0.1, 0.15) is 48.4 Å². The van der Waals surface area contributed by atoms with Crippen LogP contribution in [0, 0.1) is 23.5 Å². The van der Waals surface area contributed by atoms with E-state index in [1.165, 1.54) is 0 Å². The number of oxazole rings is 1. The number of benzene rings is 1. The summed E-state index contributed by atoms with van der Waals surface area (Å²) in [6.45, 7) is 0.983. The number of alkyl halides is 3. The molecule has 7 nitrogen and oxygen atoms in total. The molecule has 0 spiro atoms. The minimum Gasteiger partial charge on any atom is -0.484 e. The van der Waals surface area contributed by atoms with Crippen LogP contribution in [0.4, 0.5) is 33.7 Å². The van der Waals surface area contributed by atoms with E-state index < -0.39 is 47.3 Å². The van der Waals surface area contributed by atoms with Crippen molar-refractivity contribution in [2.24, 2.45) is 11.8 Å². The number of aromatic nitrogens is 1. The Morgan fingerprint density at radius 2 is 1.86 bits per heavy atom. The molecular formula is C24H24F5N3O4. The van der Waals surface area contributed by atoms with Gasteiger partial charge in [-0.3, -0.25) is 4.79 Å². The van der Waals surface area contributed by atoms with E-state index in [9.17, 15) is 26.7 Å². The van der Waals surface area contributed by atoms with Crippen LogP contribution in [-0.4, -0.2) is 48.5 Å². The molecule has 2 aliphatic heterocycles. The Morgan fingerprint density at radius 3 is 2.56 bits per heavy atom. The van der Waals surface area contributed by atoms with Crippen molar-refractivity contribution in [3.8, 4) is 5.75 Å². The number of rotatable bonds is 6. The zero-order valence-corrected chi connectivity index (χ0v) is 19.1. The van der Waals surface area contributed by atoms with Crippen LogP contribution < -0.4 is 15.0 Å². The van der Waals surface area contributed by atoms with E-state index in [0.29, 0.717) is 37.8 Å². The summed E-state index contributed by atoms with van der Waals surface area (Å²) in [5, 5.41) is 2.24. The van der Waals surface area contributed by atoms with Crippen molar-refractivity contribution in [2.45, 2.75) is 63.0 Å². The molecule has 2 aromatic rings. The highest BCUT2D eigenvalue weighted by Crippen LogP contribution is 2.52. The molecule has 0 bridgehead atoms. The average molecular weight is 513 g/mol. The van der Waals surface area contributed by atoms with Crippen LogP contribution in [0.5, 0.6) is 5.75 Å². The lowest BCUT2D eigenvalue weighted by molar-refractivity contribution is -0.130. The first-order chi connectivity index (χ1) is 17.1. The van der Waals surface area contributed by atoms with E-state index in [1.807, 2.05) is 0 Å². The third-order valence-electron chi connectivity index (χ3n) is 7.48. The molecule has 2 saturated heterocycles. The number of fused-ring (bicyclic) bond motifs is 2. The van der Waals surface area contributed by atoms with Gasteiger partial charge in [0.1, 0.15) is 12.2 Å². The Labute approximate surface area is 202 Å². The van der Waals surface area contributed by atoms with Crippen molar-refractivity contribution in [3.63, 3.8) is 0 Å². The van der Waals surface area contributed by atoms with Crippen molar-refractivity contribution in [2.75, 3.05) is 23.4 Å². The number of carbonyl (C=O) groups excluding carboxylic acids is 1. The van der Waals surface area contributed by atoms with Gasteiger partial charge in [-0.15, -0.1) is 0 Å². The normalized spacial score (nSPS) is 28.8. The first-order valence-corrected chi connectivity index (χ1v) is 12.1. The van der Waals surface area contributed by atoms with Gasteiger partial charge in [0.05, 0.1) is 18.2 Å². The molecule has 36 heavy (non-hydrogen) atoms. The number of hydrogen-bond donors (Lipinski definition) is 1. The molecule has 1 aromatic heterocycles. The van der Waals surface area contributed by atoms with Crippen molar-refractivity contribution in [1.82, 2.24) is 4.98 Å². The SMILES string of the molecule is O=C(Nc1cc(F)c(OC2CC3C[C@H]3C2)c(F)c1)c1nc(N2CCC3OCCC32)oc1CC(F)(F)F. The van der Waals surface area contributed by atoms with E-state index >= 15 is 0 Å². The molecule has 2 saturated carbocycles. The van der Waals surface area contributed by atoms with Crippen LogP contribution in [0.3, 0.4) is 0 Å². The third-order valence-corrected chi connectivity index (χ3v) is 7.48. The lowest BCUT2D eigenvalue weighted by atomic mass is 10.1. The fourth-order valence-electron chi connectivity index (χ4n) is 5.74. The first kappa shape index (κ1) is 23.5. The summed E-state index contributed by atoms with van der Waals surface area (Å²) in [7, 11) is 0. The van der Waals surface area contributed by atoms with E-state index in [-0.39, 0.29) is 30.0 Å². The largest absolute Gasteiger partial charge is 0.484 e. The number of carbonyl (C=O) groups is 1. The predicted octanol–water partition coefficient (Wildman–Crippen LogP) is 4.85. The van der Waals surface area contributed by atoms with Gasteiger partial charge in [-0.1, -0.05) is 0 Å². The summed E-state index contributed by atoms with van der Waals surface area (Å²) in [5.41, 5.74) is -0.861. The van der Waals surface area contributed by atoms with Crippen molar-refractivity contribution < 1.29 is 40.6 Å². The van der Waals surface area contributed by atoms with Gasteiger partial charge >= 0.3 is 6.18 Å². The summed E-state index contributed by atoms with van der Waals surface area (Å²) in [4.78, 5) is 18.6. The summed E-state index contributed by atoms with van der Waals surface area (Å²) in [5.74, 6) is -3.15. The number of amides is 1. The van der Waals surface area contributed by atoms with Gasteiger partial charge in [-0.25, -0.2) is 8.78 Å². The molecule has 194 valence electrons. The average Bonchev–Trinajstić information content (AvgIpc) is 3.24. The standard InChI is InChI=1S/C24H24F5N3O4/c25-15-8-13(9-16(26)21(15)35-14-6-11-5-12(11)7-14)30-22(33)20-19(10-24(27,28)29)36-23(31-20)32-3-1-18-17(32)2-4-34-18/h8-9,11-12,14,17-18H,1-7,10H2,(H,30,33)/t11-,12?,14?,17?,18?/m0/s1. The molecule has 12 heteroatoms. The highest BCUT2D eigenvalue weighted by molar-refractivity contribution is 6.03. The maximum absolute atomic E-state index is 14.6. The molecule has 4 fully saturated rings. The van der Waals surface area contributed by atoms with Gasteiger partial charge in [-0.05, 0) is 43.9 Å². The Hall–Kier alpha value is -2.89. The van der Waals surface area contributed by atoms with E-state index in [4.69, 9.17) is 13.9 Å². The second-order valence-electron chi connectivity index (χ2n) is 10.00. The van der Waals surface area contributed by atoms with Crippen molar-refractivity contribution in [1.29, 1.82) is 0 Å². The van der Waals surface area contributed by atoms with E-state index in [1.54, 1.807) is 4.90 Å². The Bertz CT molecular complexity index is 1150. The highest BCUT2D eigenvalue weighted by atomic mass is 19.4. The molecule has 0 radical (unpaired) electrons. The number of nitrogens with zero attached hydrogens (tertiary/aromatic N) is 2. The molecule has 5 atom stereocenters. The van der Waals surface area contributed by atoms with Crippen LogP contribution >= 0.6 is 0 Å². The van der Waals surface area contributed by atoms with Gasteiger partial charge in [0.25, 0.3) is 11.9 Å². The molecule has 4 unspecified atom stereocenters. The first-order valence-electron chi connectivity index (χ1n) is 12.1. The maximum Gasteiger partial charge on any atom is 0.396 e. The van der Waals surface area contributed by atoms with Crippen LogP contribution in [0.15, 0.2) is 16.5 Å². The summed E-state index contributed by atoms with van der Waals surface area (Å²) < 4.78 is 85.4. The summed E-state index contributed by atoms with van der Waals surface area (Å²) in [6.07, 6.45) is -2.53. The van der Waals surface area contributed by atoms with E-state index in [2.05, 4.69) is 10.3 Å². The van der Waals surface area contributed by atoms with Crippen molar-refractivity contribution in [3.05, 3.63) is 35.2 Å². The zero-order chi connectivity index (χ0) is 25.2. The minimum atomic E-state index is -4.66. The smallest absolute Gasteiger partial charge is 0.396 e. The molecule has 3 heterocycles. The number of hydrogen-bond acceptors (Lipinski definition) is 6. The maximum atomic E-state index is 14.6. The van der Waals surface area contributed by atoms with Gasteiger partial charge in [0, 0.05) is 31.0 Å². The number of halogens is 5. The molecule has 1 N–H and O–H groups in total. The lowest BCUT2D eigenvalue weighted by Crippen LogP contribution is -2.32. The second-order valence-corrected chi connectivity index (χ2v) is 10.00. The van der Waals surface area contributed by atoms with Gasteiger partial charge in [0.2, 0.25) is 0 Å². The Kier molecular flexibility index (Phi) is 5.62. The van der Waals surface area contributed by atoms with Gasteiger partial charge in [-0.2, -0.15) is 18.2 Å². The zero-order valence-electron chi connectivity index (χ0n) is 19.1. The molecule has 2 aliphatic carbocycles. The molecule has 1 aromatic carbocycles. The topological polar surface area (TPSA) is 76.8 Å². The fraction of sp³-hybridized carbons (Fsp3) is 0.583. The van der Waals surface area contributed by atoms with Gasteiger partial charge in [0.15, 0.2) is 23.1 Å². The van der Waals surface area contributed by atoms with E-state index in [0.717, 1.165) is 31.4 Å². The summed E-state index contributed by atoms with van der Waals surface area (Å²) >= 11 is 0. The molecule has 1 amide bonds. The van der Waals surface area contributed by atoms with Crippen molar-refractivity contribution >= 4 is 17.6 Å². The molecule has 4 aliphatic rings. The number of ether oxygens (including phenoxy) is 2. The number of nitrogens with one attached hydrogen (secondary N) is 1. The minimum absolute atomic E-state index is 0.0676. The molecular weight excluding hydrogens is 489 g/mol. The third kappa shape index (κ3) is 4.51. The second kappa shape index (κ2) is 8.60.